The van der Waals surface area contributed by atoms with Gasteiger partial charge in [-0.05, 0) is 49.6 Å². The molecule has 0 saturated heterocycles. The fraction of sp³-hybridized carbons (Fsp3) is 0.625. The van der Waals surface area contributed by atoms with Crippen molar-refractivity contribution in [3.05, 3.63) is 28.3 Å². The summed E-state index contributed by atoms with van der Waals surface area (Å²) < 4.78 is 5.80. The number of hydrogen-bond acceptors (Lipinski definition) is 3. The van der Waals surface area contributed by atoms with Gasteiger partial charge in [-0.15, -0.1) is 0 Å². The molecule has 3 nitrogen and oxygen atoms in total. The maximum absolute atomic E-state index is 10.2. The second-order valence-electron chi connectivity index (χ2n) is 5.86. The molecule has 20 heavy (non-hydrogen) atoms. The summed E-state index contributed by atoms with van der Waals surface area (Å²) >= 11 is 6.24. The summed E-state index contributed by atoms with van der Waals surface area (Å²) in [7, 11) is 0. The highest BCUT2D eigenvalue weighted by Gasteiger charge is 2.21. The average Bonchev–Trinajstić information content (AvgIpc) is 2.35. The van der Waals surface area contributed by atoms with Crippen molar-refractivity contribution in [3.63, 3.8) is 0 Å². The van der Waals surface area contributed by atoms with Crippen LogP contribution < -0.4 is 10.1 Å². The molecule has 1 rings (SSSR count). The van der Waals surface area contributed by atoms with E-state index in [1.165, 1.54) is 0 Å². The molecular weight excluding hydrogens is 274 g/mol. The molecule has 0 aromatic heterocycles. The molecule has 0 saturated carbocycles. The lowest BCUT2D eigenvalue weighted by Crippen LogP contribution is -2.42. The van der Waals surface area contributed by atoms with Crippen molar-refractivity contribution in [2.75, 3.05) is 19.7 Å². The number of likely N-dealkylation sites (N-methyl/N-ethyl adjacent to an activating group) is 1. The van der Waals surface area contributed by atoms with Crippen LogP contribution in [0.25, 0.3) is 0 Å². The van der Waals surface area contributed by atoms with Crippen molar-refractivity contribution in [1.29, 1.82) is 0 Å². The highest BCUT2D eigenvalue weighted by atomic mass is 35.5. The van der Waals surface area contributed by atoms with E-state index < -0.39 is 5.60 Å². The van der Waals surface area contributed by atoms with E-state index in [0.29, 0.717) is 12.5 Å². The molecule has 4 heteroatoms. The van der Waals surface area contributed by atoms with Gasteiger partial charge in [0, 0.05) is 11.6 Å². The minimum absolute atomic E-state index is 0.250. The minimum Gasteiger partial charge on any atom is -0.490 e. The Bertz CT molecular complexity index is 444. The van der Waals surface area contributed by atoms with Crippen molar-refractivity contribution >= 4 is 11.6 Å². The van der Waals surface area contributed by atoms with E-state index in [0.717, 1.165) is 28.4 Å². The van der Waals surface area contributed by atoms with Gasteiger partial charge in [0.25, 0.3) is 0 Å². The third-order valence-corrected chi connectivity index (χ3v) is 3.54. The second kappa shape index (κ2) is 7.30. The van der Waals surface area contributed by atoms with E-state index in [1.54, 1.807) is 6.92 Å². The first kappa shape index (κ1) is 17.3. The SMILES string of the molecule is CCNCC(C)(O)COc1cc(C(C)C)c(Cl)cc1C. The molecule has 1 aromatic carbocycles. The van der Waals surface area contributed by atoms with Gasteiger partial charge < -0.3 is 15.2 Å². The van der Waals surface area contributed by atoms with Gasteiger partial charge in [0.05, 0.1) is 0 Å². The molecule has 0 radical (unpaired) electrons. The van der Waals surface area contributed by atoms with E-state index in [9.17, 15) is 5.11 Å². The lowest BCUT2D eigenvalue weighted by Gasteiger charge is -2.24. The molecule has 114 valence electrons. The topological polar surface area (TPSA) is 41.5 Å². The predicted molar refractivity (Wildman–Crippen MR) is 84.9 cm³/mol. The van der Waals surface area contributed by atoms with Gasteiger partial charge >= 0.3 is 0 Å². The first-order valence-corrected chi connectivity index (χ1v) is 7.50. The lowest BCUT2D eigenvalue weighted by molar-refractivity contribution is 0.0125. The van der Waals surface area contributed by atoms with Crippen LogP contribution in [0.4, 0.5) is 0 Å². The number of rotatable bonds is 7. The summed E-state index contributed by atoms with van der Waals surface area (Å²) in [5, 5.41) is 14.1. The molecule has 0 amide bonds. The molecular formula is C16H26ClNO2. The molecule has 2 N–H and O–H groups in total. The minimum atomic E-state index is -0.889. The standard InChI is InChI=1S/C16H26ClNO2/c1-6-18-9-16(5,19)10-20-15-8-13(11(2)3)14(17)7-12(15)4/h7-8,11,18-19H,6,9-10H2,1-5H3. The summed E-state index contributed by atoms with van der Waals surface area (Å²) in [6, 6.07) is 3.90. The van der Waals surface area contributed by atoms with Crippen LogP contribution in [-0.2, 0) is 0 Å². The zero-order valence-electron chi connectivity index (χ0n) is 13.1. The van der Waals surface area contributed by atoms with E-state index in [-0.39, 0.29) is 6.61 Å². The first-order valence-electron chi connectivity index (χ1n) is 7.12. The van der Waals surface area contributed by atoms with Crippen molar-refractivity contribution in [2.24, 2.45) is 0 Å². The van der Waals surface area contributed by atoms with Gasteiger partial charge in [0.1, 0.15) is 18.0 Å². The van der Waals surface area contributed by atoms with Crippen LogP contribution in [0.3, 0.4) is 0 Å². The Labute approximate surface area is 127 Å². The normalized spacial score (nSPS) is 14.4. The summed E-state index contributed by atoms with van der Waals surface area (Å²) in [5.74, 6) is 1.13. The third-order valence-electron chi connectivity index (χ3n) is 3.21. The molecule has 0 fully saturated rings. The van der Waals surface area contributed by atoms with Gasteiger partial charge in [-0.2, -0.15) is 0 Å². The molecule has 0 heterocycles. The Kier molecular flexibility index (Phi) is 6.31. The van der Waals surface area contributed by atoms with Crippen LogP contribution in [0.5, 0.6) is 5.75 Å². The quantitative estimate of drug-likeness (QED) is 0.809. The lowest BCUT2D eigenvalue weighted by atomic mass is 10.0. The smallest absolute Gasteiger partial charge is 0.122 e. The van der Waals surface area contributed by atoms with E-state index in [1.807, 2.05) is 26.0 Å². The van der Waals surface area contributed by atoms with E-state index in [2.05, 4.69) is 19.2 Å². The summed E-state index contributed by atoms with van der Waals surface area (Å²) in [6.07, 6.45) is 0. The highest BCUT2D eigenvalue weighted by molar-refractivity contribution is 6.31. The largest absolute Gasteiger partial charge is 0.490 e. The maximum atomic E-state index is 10.2. The predicted octanol–water partition coefficient (Wildman–Crippen LogP) is 3.51. The number of halogens is 1. The Morgan fingerprint density at radius 1 is 1.40 bits per heavy atom. The van der Waals surface area contributed by atoms with Crippen LogP contribution >= 0.6 is 11.6 Å². The number of hydrogen-bond donors (Lipinski definition) is 2. The summed E-state index contributed by atoms with van der Waals surface area (Å²) in [6.45, 7) is 11.5. The van der Waals surface area contributed by atoms with Crippen molar-refractivity contribution in [3.8, 4) is 5.75 Å². The molecule has 0 bridgehead atoms. The number of aliphatic hydroxyl groups is 1. The number of aryl methyl sites for hydroxylation is 1. The molecule has 1 aromatic rings. The highest BCUT2D eigenvalue weighted by Crippen LogP contribution is 2.31. The fourth-order valence-corrected chi connectivity index (χ4v) is 2.38. The molecule has 0 aliphatic rings. The number of nitrogens with one attached hydrogen (secondary N) is 1. The van der Waals surface area contributed by atoms with E-state index in [4.69, 9.17) is 16.3 Å². The van der Waals surface area contributed by atoms with Crippen LogP contribution in [-0.4, -0.2) is 30.4 Å². The maximum Gasteiger partial charge on any atom is 0.122 e. The Balaban J connectivity index is 2.80. The van der Waals surface area contributed by atoms with Crippen LogP contribution in [0.1, 0.15) is 44.7 Å². The number of benzene rings is 1. The number of ether oxygens (including phenoxy) is 1. The van der Waals surface area contributed by atoms with Crippen molar-refractivity contribution in [2.45, 2.75) is 46.1 Å². The van der Waals surface area contributed by atoms with Crippen molar-refractivity contribution < 1.29 is 9.84 Å². The summed E-state index contributed by atoms with van der Waals surface area (Å²) in [5.41, 5.74) is 1.16. The molecule has 1 unspecified atom stereocenters. The summed E-state index contributed by atoms with van der Waals surface area (Å²) in [4.78, 5) is 0. The zero-order chi connectivity index (χ0) is 15.3. The molecule has 0 aliphatic carbocycles. The fourth-order valence-electron chi connectivity index (χ4n) is 1.95. The van der Waals surface area contributed by atoms with E-state index >= 15 is 0 Å². The monoisotopic (exact) mass is 299 g/mol. The Hall–Kier alpha value is -0.770. The molecule has 0 spiro atoms. The first-order chi connectivity index (χ1) is 9.26. The van der Waals surface area contributed by atoms with Crippen LogP contribution in [0.15, 0.2) is 12.1 Å². The van der Waals surface area contributed by atoms with Crippen LogP contribution in [0, 0.1) is 6.92 Å². The van der Waals surface area contributed by atoms with Gasteiger partial charge in [0.15, 0.2) is 0 Å². The second-order valence-corrected chi connectivity index (χ2v) is 6.27. The van der Waals surface area contributed by atoms with Crippen LogP contribution in [0.2, 0.25) is 5.02 Å². The zero-order valence-corrected chi connectivity index (χ0v) is 13.8. The molecule has 1 atom stereocenters. The third kappa shape index (κ3) is 4.97. The Morgan fingerprint density at radius 3 is 2.60 bits per heavy atom. The van der Waals surface area contributed by atoms with Gasteiger partial charge in [-0.3, -0.25) is 0 Å². The molecule has 0 aliphatic heterocycles. The van der Waals surface area contributed by atoms with Crippen molar-refractivity contribution in [1.82, 2.24) is 5.32 Å². The van der Waals surface area contributed by atoms with Gasteiger partial charge in [0.2, 0.25) is 0 Å². The van der Waals surface area contributed by atoms with Gasteiger partial charge in [-0.1, -0.05) is 32.4 Å². The van der Waals surface area contributed by atoms with Gasteiger partial charge in [-0.25, -0.2) is 0 Å². The average molecular weight is 300 g/mol. The Morgan fingerprint density at radius 2 is 2.05 bits per heavy atom.